The summed E-state index contributed by atoms with van der Waals surface area (Å²) in [5.74, 6) is -0.0903. The SMILES string of the molecule is Cc1nn(C)c(C)c1CN(C)C(=O)[C@@H](C)Cn1cc(Cl)cn1. The van der Waals surface area contributed by atoms with Gasteiger partial charge in [-0.1, -0.05) is 18.5 Å². The monoisotopic (exact) mass is 323 g/mol. The van der Waals surface area contributed by atoms with Gasteiger partial charge in [-0.2, -0.15) is 10.2 Å². The Morgan fingerprint density at radius 3 is 2.64 bits per heavy atom. The van der Waals surface area contributed by atoms with Crippen molar-refractivity contribution in [3.05, 3.63) is 34.4 Å². The quantitative estimate of drug-likeness (QED) is 0.847. The maximum atomic E-state index is 12.5. The molecule has 0 aliphatic heterocycles. The summed E-state index contributed by atoms with van der Waals surface area (Å²) in [6.45, 7) is 6.96. The standard InChI is InChI=1S/C15H22ClN5O/c1-10(7-21-8-13(16)6-17-21)15(22)19(4)9-14-11(2)18-20(5)12(14)3/h6,8,10H,7,9H2,1-5H3/t10-/m0/s1. The fourth-order valence-corrected chi connectivity index (χ4v) is 2.69. The van der Waals surface area contributed by atoms with Crippen molar-refractivity contribution in [2.45, 2.75) is 33.9 Å². The highest BCUT2D eigenvalue weighted by Crippen LogP contribution is 2.16. The summed E-state index contributed by atoms with van der Waals surface area (Å²) in [7, 11) is 3.73. The third-order valence-corrected chi connectivity index (χ3v) is 4.11. The molecule has 22 heavy (non-hydrogen) atoms. The van der Waals surface area contributed by atoms with Crippen molar-refractivity contribution in [3.8, 4) is 0 Å². The van der Waals surface area contributed by atoms with Gasteiger partial charge in [0.1, 0.15) is 0 Å². The third-order valence-electron chi connectivity index (χ3n) is 3.91. The predicted octanol–water partition coefficient (Wildman–Crippen LogP) is 2.18. The molecular weight excluding hydrogens is 302 g/mol. The van der Waals surface area contributed by atoms with Gasteiger partial charge in [0.2, 0.25) is 5.91 Å². The van der Waals surface area contributed by atoms with Gasteiger partial charge in [0, 0.05) is 38.1 Å². The highest BCUT2D eigenvalue weighted by Gasteiger charge is 2.21. The van der Waals surface area contributed by atoms with E-state index in [1.54, 1.807) is 22.0 Å². The lowest BCUT2D eigenvalue weighted by molar-refractivity contribution is -0.134. The van der Waals surface area contributed by atoms with Crippen molar-refractivity contribution in [1.29, 1.82) is 0 Å². The van der Waals surface area contributed by atoms with Gasteiger partial charge in [0.05, 0.1) is 29.4 Å². The molecule has 0 N–H and O–H groups in total. The number of hydrogen-bond donors (Lipinski definition) is 0. The average Bonchev–Trinajstić information content (AvgIpc) is 2.96. The van der Waals surface area contributed by atoms with Crippen LogP contribution in [-0.4, -0.2) is 37.4 Å². The zero-order valence-corrected chi connectivity index (χ0v) is 14.4. The molecule has 1 atom stereocenters. The molecular formula is C15H22ClN5O. The second kappa shape index (κ2) is 6.52. The van der Waals surface area contributed by atoms with E-state index < -0.39 is 0 Å². The summed E-state index contributed by atoms with van der Waals surface area (Å²) < 4.78 is 3.54. The normalized spacial score (nSPS) is 12.5. The molecule has 2 aromatic heterocycles. The van der Waals surface area contributed by atoms with Crippen molar-refractivity contribution < 1.29 is 4.79 Å². The molecule has 0 fully saturated rings. The number of amides is 1. The fraction of sp³-hybridized carbons (Fsp3) is 0.533. The second-order valence-corrected chi connectivity index (χ2v) is 6.19. The van der Waals surface area contributed by atoms with Crippen LogP contribution in [0.1, 0.15) is 23.9 Å². The first-order chi connectivity index (χ1) is 10.3. The number of hydrogen-bond acceptors (Lipinski definition) is 3. The molecule has 2 heterocycles. The first kappa shape index (κ1) is 16.5. The zero-order chi connectivity index (χ0) is 16.4. The molecule has 0 unspecified atom stereocenters. The molecule has 7 heteroatoms. The van der Waals surface area contributed by atoms with Crippen molar-refractivity contribution >= 4 is 17.5 Å². The molecule has 0 radical (unpaired) electrons. The Bertz CT molecular complexity index is 676. The van der Waals surface area contributed by atoms with Crippen LogP contribution in [0.25, 0.3) is 0 Å². The maximum absolute atomic E-state index is 12.5. The summed E-state index contributed by atoms with van der Waals surface area (Å²) in [5, 5.41) is 9.08. The van der Waals surface area contributed by atoms with Crippen LogP contribution >= 0.6 is 11.6 Å². The Morgan fingerprint density at radius 1 is 1.45 bits per heavy atom. The van der Waals surface area contributed by atoms with Gasteiger partial charge in [0.25, 0.3) is 0 Å². The molecule has 0 saturated carbocycles. The minimum atomic E-state index is -0.168. The lowest BCUT2D eigenvalue weighted by Gasteiger charge is -2.21. The molecule has 2 rings (SSSR count). The molecule has 1 amide bonds. The molecule has 0 saturated heterocycles. The van der Waals surface area contributed by atoms with Crippen LogP contribution in [0, 0.1) is 19.8 Å². The largest absolute Gasteiger partial charge is 0.341 e. The van der Waals surface area contributed by atoms with Gasteiger partial charge in [-0.05, 0) is 13.8 Å². The minimum absolute atomic E-state index is 0.0780. The summed E-state index contributed by atoms with van der Waals surface area (Å²) in [5.41, 5.74) is 3.16. The summed E-state index contributed by atoms with van der Waals surface area (Å²) in [4.78, 5) is 14.3. The molecule has 6 nitrogen and oxygen atoms in total. The van der Waals surface area contributed by atoms with Gasteiger partial charge >= 0.3 is 0 Å². The van der Waals surface area contributed by atoms with Crippen molar-refractivity contribution in [1.82, 2.24) is 24.5 Å². The van der Waals surface area contributed by atoms with E-state index in [0.717, 1.165) is 17.0 Å². The molecule has 0 aliphatic carbocycles. The first-order valence-electron chi connectivity index (χ1n) is 7.21. The van der Waals surface area contributed by atoms with Crippen molar-refractivity contribution in [3.63, 3.8) is 0 Å². The van der Waals surface area contributed by atoms with Crippen molar-refractivity contribution in [2.24, 2.45) is 13.0 Å². The van der Waals surface area contributed by atoms with Gasteiger partial charge in [-0.25, -0.2) is 0 Å². The Balaban J connectivity index is 2.02. The number of carbonyl (C=O) groups excluding carboxylic acids is 1. The van der Waals surface area contributed by atoms with Gasteiger partial charge in [-0.15, -0.1) is 0 Å². The number of nitrogens with zero attached hydrogens (tertiary/aromatic N) is 5. The van der Waals surface area contributed by atoms with E-state index in [1.807, 2.05) is 39.5 Å². The minimum Gasteiger partial charge on any atom is -0.341 e. The predicted molar refractivity (Wildman–Crippen MR) is 85.6 cm³/mol. The van der Waals surface area contributed by atoms with E-state index in [0.29, 0.717) is 18.1 Å². The zero-order valence-electron chi connectivity index (χ0n) is 13.7. The van der Waals surface area contributed by atoms with Crippen LogP contribution in [0.4, 0.5) is 0 Å². The van der Waals surface area contributed by atoms with E-state index in [2.05, 4.69) is 10.2 Å². The highest BCUT2D eigenvalue weighted by atomic mass is 35.5. The topological polar surface area (TPSA) is 56.0 Å². The second-order valence-electron chi connectivity index (χ2n) is 5.75. The fourth-order valence-electron chi connectivity index (χ4n) is 2.53. The van der Waals surface area contributed by atoms with E-state index in [9.17, 15) is 4.79 Å². The first-order valence-corrected chi connectivity index (χ1v) is 7.59. The third kappa shape index (κ3) is 3.50. The van der Waals surface area contributed by atoms with E-state index in [1.165, 1.54) is 0 Å². The smallest absolute Gasteiger partial charge is 0.227 e. The Kier molecular flexibility index (Phi) is 4.90. The number of aromatic nitrogens is 4. The maximum Gasteiger partial charge on any atom is 0.227 e. The molecule has 120 valence electrons. The number of rotatable bonds is 5. The van der Waals surface area contributed by atoms with Crippen LogP contribution in [0.15, 0.2) is 12.4 Å². The van der Waals surface area contributed by atoms with Crippen LogP contribution in [0.2, 0.25) is 5.02 Å². The number of aryl methyl sites for hydroxylation is 2. The average molecular weight is 324 g/mol. The summed E-state index contributed by atoms with van der Waals surface area (Å²) in [6.07, 6.45) is 3.30. The Morgan fingerprint density at radius 2 is 2.14 bits per heavy atom. The van der Waals surface area contributed by atoms with Crippen LogP contribution < -0.4 is 0 Å². The van der Waals surface area contributed by atoms with E-state index in [-0.39, 0.29) is 11.8 Å². The van der Waals surface area contributed by atoms with Gasteiger partial charge < -0.3 is 4.90 Å². The van der Waals surface area contributed by atoms with E-state index in [4.69, 9.17) is 11.6 Å². The lowest BCUT2D eigenvalue weighted by Crippen LogP contribution is -2.33. The van der Waals surface area contributed by atoms with Crippen LogP contribution in [-0.2, 0) is 24.9 Å². The molecule has 0 spiro atoms. The Labute approximate surface area is 135 Å². The molecule has 0 aliphatic rings. The number of carbonyl (C=O) groups is 1. The summed E-state index contributed by atoms with van der Waals surface area (Å²) >= 11 is 5.84. The molecule has 0 aromatic carbocycles. The summed E-state index contributed by atoms with van der Waals surface area (Å²) in [6, 6.07) is 0. The van der Waals surface area contributed by atoms with E-state index >= 15 is 0 Å². The molecule has 2 aromatic rings. The van der Waals surface area contributed by atoms with Crippen LogP contribution in [0.5, 0.6) is 0 Å². The highest BCUT2D eigenvalue weighted by molar-refractivity contribution is 6.30. The Hall–Kier alpha value is -1.82. The van der Waals surface area contributed by atoms with Gasteiger partial charge in [0.15, 0.2) is 0 Å². The lowest BCUT2D eigenvalue weighted by atomic mass is 10.1. The number of halogens is 1. The van der Waals surface area contributed by atoms with Crippen LogP contribution in [0.3, 0.4) is 0 Å². The van der Waals surface area contributed by atoms with Crippen molar-refractivity contribution in [2.75, 3.05) is 7.05 Å². The molecule has 0 bridgehead atoms. The van der Waals surface area contributed by atoms with Gasteiger partial charge in [-0.3, -0.25) is 14.2 Å².